The summed E-state index contributed by atoms with van der Waals surface area (Å²) in [5.74, 6) is -0.265. The lowest BCUT2D eigenvalue weighted by Crippen LogP contribution is -2.53. The van der Waals surface area contributed by atoms with Gasteiger partial charge in [-0.2, -0.15) is 0 Å². The number of carbonyl (C=O) groups excluding carboxylic acids is 2. The summed E-state index contributed by atoms with van der Waals surface area (Å²) in [4.78, 5) is 24.9. The second-order valence-electron chi connectivity index (χ2n) is 11.9. The van der Waals surface area contributed by atoms with Gasteiger partial charge in [-0.05, 0) is 79.6 Å². The molecule has 2 fully saturated rings. The first kappa shape index (κ1) is 21.5. The summed E-state index contributed by atoms with van der Waals surface area (Å²) < 4.78 is 0. The molecule has 170 valence electrons. The van der Waals surface area contributed by atoms with Crippen molar-refractivity contribution in [3.05, 3.63) is 57.9 Å². The summed E-state index contributed by atoms with van der Waals surface area (Å²) in [6.07, 6.45) is 14.2. The smallest absolute Gasteiger partial charge is 0.223 e. The van der Waals surface area contributed by atoms with Gasteiger partial charge in [0.2, 0.25) is 11.7 Å². The average molecular weight is 434 g/mol. The molecule has 1 amide bonds. The van der Waals surface area contributed by atoms with Crippen molar-refractivity contribution in [2.75, 3.05) is 0 Å². The molecule has 0 spiro atoms. The molecular formula is C28H35NO3. The van der Waals surface area contributed by atoms with Crippen LogP contribution in [-0.4, -0.2) is 16.8 Å². The van der Waals surface area contributed by atoms with Crippen LogP contribution in [0.3, 0.4) is 0 Å². The number of nitrogens with two attached hydrogens (primary N) is 1. The molecule has 0 aromatic heterocycles. The molecule has 5 aliphatic rings. The Balaban J connectivity index is 1.64. The number of aliphatic hydroxyl groups is 1. The maximum atomic E-state index is 12.5. The molecule has 0 unspecified atom stereocenters. The molecule has 0 aliphatic heterocycles. The molecule has 2 saturated carbocycles. The highest BCUT2D eigenvalue weighted by Crippen LogP contribution is 2.68. The maximum Gasteiger partial charge on any atom is 0.223 e. The van der Waals surface area contributed by atoms with E-state index in [9.17, 15) is 14.7 Å². The number of rotatable bonds is 1. The molecule has 4 nitrogen and oxygen atoms in total. The molecular weight excluding hydrogens is 398 g/mol. The second-order valence-corrected chi connectivity index (χ2v) is 11.9. The van der Waals surface area contributed by atoms with Gasteiger partial charge < -0.3 is 10.8 Å². The van der Waals surface area contributed by atoms with Crippen LogP contribution in [0, 0.1) is 27.6 Å². The first-order chi connectivity index (χ1) is 14.9. The van der Waals surface area contributed by atoms with Crippen molar-refractivity contribution in [2.24, 2.45) is 33.3 Å². The zero-order chi connectivity index (χ0) is 23.3. The summed E-state index contributed by atoms with van der Waals surface area (Å²) in [5, 5.41) is 10.2. The third-order valence-electron chi connectivity index (χ3n) is 10.0. The van der Waals surface area contributed by atoms with Crippen LogP contribution in [0.25, 0.3) is 0 Å². The maximum absolute atomic E-state index is 12.5. The Morgan fingerprint density at radius 1 is 1.06 bits per heavy atom. The van der Waals surface area contributed by atoms with Crippen molar-refractivity contribution in [2.45, 2.75) is 73.1 Å². The van der Waals surface area contributed by atoms with E-state index in [0.29, 0.717) is 11.5 Å². The minimum Gasteiger partial charge on any atom is -0.504 e. The topological polar surface area (TPSA) is 80.4 Å². The van der Waals surface area contributed by atoms with Gasteiger partial charge in [0.05, 0.1) is 0 Å². The van der Waals surface area contributed by atoms with Gasteiger partial charge in [-0.25, -0.2) is 0 Å². The highest BCUT2D eigenvalue weighted by Gasteiger charge is 2.59. The van der Waals surface area contributed by atoms with Crippen LogP contribution in [0.15, 0.2) is 57.9 Å². The number of fused-ring (bicyclic) bond motifs is 7. The quantitative estimate of drug-likeness (QED) is 0.526. The molecule has 0 saturated heterocycles. The van der Waals surface area contributed by atoms with Crippen LogP contribution < -0.4 is 5.73 Å². The number of hydrogen-bond donors (Lipinski definition) is 2. The zero-order valence-electron chi connectivity index (χ0n) is 20.0. The molecule has 0 aromatic rings. The van der Waals surface area contributed by atoms with Gasteiger partial charge in [-0.3, -0.25) is 9.59 Å². The fourth-order valence-electron chi connectivity index (χ4n) is 7.55. The van der Waals surface area contributed by atoms with Crippen molar-refractivity contribution < 1.29 is 14.7 Å². The monoisotopic (exact) mass is 433 g/mol. The lowest BCUT2D eigenvalue weighted by molar-refractivity contribution is -0.132. The van der Waals surface area contributed by atoms with E-state index >= 15 is 0 Å². The van der Waals surface area contributed by atoms with Crippen molar-refractivity contribution >= 4 is 11.7 Å². The summed E-state index contributed by atoms with van der Waals surface area (Å²) in [5.41, 5.74) is 10.8. The largest absolute Gasteiger partial charge is 0.504 e. The van der Waals surface area contributed by atoms with E-state index in [0.717, 1.165) is 49.7 Å². The lowest BCUT2D eigenvalue weighted by atomic mass is 9.43. The molecule has 5 rings (SSSR count). The van der Waals surface area contributed by atoms with Gasteiger partial charge in [0, 0.05) is 21.8 Å². The molecule has 5 aliphatic carbocycles. The van der Waals surface area contributed by atoms with Gasteiger partial charge in [0.25, 0.3) is 0 Å². The van der Waals surface area contributed by atoms with Crippen molar-refractivity contribution in [1.29, 1.82) is 0 Å². The number of ketones is 1. The predicted molar refractivity (Wildman–Crippen MR) is 125 cm³/mol. The fraction of sp³-hybridized carbons (Fsp3) is 0.571. The molecule has 0 aromatic carbocycles. The van der Waals surface area contributed by atoms with Gasteiger partial charge >= 0.3 is 0 Å². The molecule has 32 heavy (non-hydrogen) atoms. The molecule has 0 radical (unpaired) electrons. The SMILES string of the molecule is CC1=C(O)C(=O)C=C2C1=CC=C1[C@@]2(C)CC=C2[C@@H]3C[C@](C)(C(N)=O)CC[C@]3(C)CC[C@@]21C. The summed E-state index contributed by atoms with van der Waals surface area (Å²) in [7, 11) is 0. The Hall–Kier alpha value is -2.36. The van der Waals surface area contributed by atoms with Crippen molar-refractivity contribution in [3.63, 3.8) is 0 Å². The highest BCUT2D eigenvalue weighted by molar-refractivity contribution is 6.06. The minimum atomic E-state index is -0.449. The van der Waals surface area contributed by atoms with E-state index in [2.05, 4.69) is 39.0 Å². The van der Waals surface area contributed by atoms with Crippen LogP contribution in [-0.2, 0) is 9.59 Å². The Morgan fingerprint density at radius 3 is 2.44 bits per heavy atom. The normalized spacial score (nSPS) is 43.0. The summed E-state index contributed by atoms with van der Waals surface area (Å²) >= 11 is 0. The summed E-state index contributed by atoms with van der Waals surface area (Å²) in [6, 6.07) is 0. The predicted octanol–water partition coefficient (Wildman–Crippen LogP) is 5.63. The number of hydrogen-bond acceptors (Lipinski definition) is 3. The summed E-state index contributed by atoms with van der Waals surface area (Å²) in [6.45, 7) is 10.9. The van der Waals surface area contributed by atoms with Crippen LogP contribution in [0.4, 0.5) is 0 Å². The number of carbonyl (C=O) groups is 2. The number of aliphatic hydroxyl groups excluding tert-OH is 1. The first-order valence-corrected chi connectivity index (χ1v) is 12.0. The highest BCUT2D eigenvalue weighted by atomic mass is 16.3. The van der Waals surface area contributed by atoms with E-state index in [-0.39, 0.29) is 33.7 Å². The molecule has 4 heteroatoms. The average Bonchev–Trinajstić information content (AvgIpc) is 2.73. The number of allylic oxidation sites excluding steroid dienone is 9. The van der Waals surface area contributed by atoms with Crippen molar-refractivity contribution in [1.82, 2.24) is 0 Å². The Bertz CT molecular complexity index is 1120. The van der Waals surface area contributed by atoms with Gasteiger partial charge in [0.15, 0.2) is 5.76 Å². The molecule has 0 heterocycles. The molecule has 5 atom stereocenters. The van der Waals surface area contributed by atoms with Gasteiger partial charge in [-0.15, -0.1) is 0 Å². The van der Waals surface area contributed by atoms with E-state index < -0.39 is 5.41 Å². The third-order valence-corrected chi connectivity index (χ3v) is 10.0. The Morgan fingerprint density at radius 2 is 1.75 bits per heavy atom. The van der Waals surface area contributed by atoms with E-state index in [1.807, 2.05) is 13.8 Å². The lowest BCUT2D eigenvalue weighted by Gasteiger charge is -2.61. The van der Waals surface area contributed by atoms with Crippen LogP contribution in [0.5, 0.6) is 0 Å². The second kappa shape index (κ2) is 6.36. The van der Waals surface area contributed by atoms with Gasteiger partial charge in [0.1, 0.15) is 0 Å². The van der Waals surface area contributed by atoms with Crippen LogP contribution in [0.1, 0.15) is 73.1 Å². The van der Waals surface area contributed by atoms with Gasteiger partial charge in [-0.1, -0.05) is 51.5 Å². The number of amides is 1. The Labute approximate surface area is 191 Å². The molecule has 0 bridgehead atoms. The minimum absolute atomic E-state index is 0.101. The molecule has 3 N–H and O–H groups in total. The van der Waals surface area contributed by atoms with Crippen molar-refractivity contribution in [3.8, 4) is 0 Å². The standard InChI is InChI=1S/C28H35NO3/c1-16-17-6-7-22-27(4,19(17)14-21(30)23(16)31)9-8-18-20-15-26(3,24(29)32)11-10-25(20,2)12-13-28(18,22)5/h6-8,14,20,31H,9-13,15H2,1-5H3,(H2,29,32)/t20-,25+,26+,27-,28-/m0/s1. The Kier molecular flexibility index (Phi) is 4.27. The number of primary amides is 1. The zero-order valence-corrected chi connectivity index (χ0v) is 20.0. The first-order valence-electron chi connectivity index (χ1n) is 12.0. The van der Waals surface area contributed by atoms with E-state index in [1.54, 1.807) is 6.08 Å². The fourth-order valence-corrected chi connectivity index (χ4v) is 7.55. The van der Waals surface area contributed by atoms with Crippen LogP contribution in [0.2, 0.25) is 0 Å². The van der Waals surface area contributed by atoms with E-state index in [4.69, 9.17) is 5.73 Å². The third kappa shape index (κ3) is 2.55. The van der Waals surface area contributed by atoms with E-state index in [1.165, 1.54) is 11.1 Å². The van der Waals surface area contributed by atoms with Crippen LogP contribution >= 0.6 is 0 Å².